The Morgan fingerprint density at radius 2 is 2.24 bits per heavy atom. The molecule has 1 rings (SSSR count). The van der Waals surface area contributed by atoms with E-state index >= 15 is 0 Å². The van der Waals surface area contributed by atoms with Crippen LogP contribution in [0.5, 0.6) is 0 Å². The highest BCUT2D eigenvalue weighted by Crippen LogP contribution is 2.14. The van der Waals surface area contributed by atoms with Crippen LogP contribution < -0.4 is 11.1 Å². The molecule has 5 heteroatoms. The van der Waals surface area contributed by atoms with E-state index in [1.807, 2.05) is 18.2 Å². The zero-order valence-electron chi connectivity index (χ0n) is 9.85. The highest BCUT2D eigenvalue weighted by Gasteiger charge is 2.14. The Hall–Kier alpha value is -1.43. The van der Waals surface area contributed by atoms with Gasteiger partial charge in [-0.05, 0) is 18.6 Å². The molecule has 1 aromatic rings. The number of hydrogen-bond donors (Lipinski definition) is 3. The molecule has 0 aliphatic carbocycles. The molecule has 0 bridgehead atoms. The Kier molecular flexibility index (Phi) is 5.62. The largest absolute Gasteiger partial charge is 0.394 e. The topological polar surface area (TPSA) is 84.6 Å². The van der Waals surface area contributed by atoms with Crippen LogP contribution in [-0.4, -0.2) is 30.3 Å². The maximum atomic E-state index is 11.7. The molecule has 1 aromatic carbocycles. The Labute approximate surface area is 101 Å². The number of benzene rings is 1. The Bertz CT molecular complexity index is 369. The van der Waals surface area contributed by atoms with Gasteiger partial charge in [0.25, 0.3) is 5.91 Å². The van der Waals surface area contributed by atoms with Crippen molar-refractivity contribution >= 4 is 11.6 Å². The van der Waals surface area contributed by atoms with Gasteiger partial charge >= 0.3 is 0 Å². The maximum absolute atomic E-state index is 11.7. The maximum Gasteiger partial charge on any atom is 0.253 e. The van der Waals surface area contributed by atoms with Crippen LogP contribution in [-0.2, 0) is 16.1 Å². The van der Waals surface area contributed by atoms with Gasteiger partial charge in [0.05, 0.1) is 13.2 Å². The Balaban J connectivity index is 2.61. The van der Waals surface area contributed by atoms with Crippen molar-refractivity contribution in [3.8, 4) is 0 Å². The molecule has 0 saturated heterocycles. The SMILES string of the molecule is CC(OCCO)C(=O)Nc1ccccc1CN. The predicted octanol–water partition coefficient (Wildman–Crippen LogP) is 0.481. The van der Waals surface area contributed by atoms with Crippen LogP contribution >= 0.6 is 0 Å². The van der Waals surface area contributed by atoms with Crippen LogP contribution in [0, 0.1) is 0 Å². The molecule has 17 heavy (non-hydrogen) atoms. The van der Waals surface area contributed by atoms with E-state index in [1.54, 1.807) is 13.0 Å². The number of ether oxygens (including phenoxy) is 1. The van der Waals surface area contributed by atoms with E-state index < -0.39 is 6.10 Å². The van der Waals surface area contributed by atoms with Gasteiger partial charge in [-0.25, -0.2) is 0 Å². The highest BCUT2D eigenvalue weighted by atomic mass is 16.5. The summed E-state index contributed by atoms with van der Waals surface area (Å²) in [5.74, 6) is -0.251. The lowest BCUT2D eigenvalue weighted by Crippen LogP contribution is -2.29. The molecule has 0 aliphatic rings. The van der Waals surface area contributed by atoms with Gasteiger partial charge in [-0.3, -0.25) is 4.79 Å². The average Bonchev–Trinajstić information content (AvgIpc) is 2.36. The fraction of sp³-hybridized carbons (Fsp3) is 0.417. The highest BCUT2D eigenvalue weighted by molar-refractivity contribution is 5.94. The molecule has 1 amide bonds. The molecule has 4 N–H and O–H groups in total. The molecule has 1 atom stereocenters. The summed E-state index contributed by atoms with van der Waals surface area (Å²) in [5, 5.41) is 11.3. The second-order valence-corrected chi connectivity index (χ2v) is 3.59. The van der Waals surface area contributed by atoms with Crippen molar-refractivity contribution in [1.29, 1.82) is 0 Å². The number of anilines is 1. The molecule has 0 aliphatic heterocycles. The molecule has 94 valence electrons. The number of amides is 1. The van der Waals surface area contributed by atoms with Crippen molar-refractivity contribution in [2.24, 2.45) is 5.73 Å². The van der Waals surface area contributed by atoms with E-state index in [4.69, 9.17) is 15.6 Å². The molecular weight excluding hydrogens is 220 g/mol. The smallest absolute Gasteiger partial charge is 0.253 e. The third-order valence-electron chi connectivity index (χ3n) is 2.32. The summed E-state index contributed by atoms with van der Waals surface area (Å²) in [6.45, 7) is 2.04. The lowest BCUT2D eigenvalue weighted by Gasteiger charge is -2.14. The molecule has 0 fully saturated rings. The summed E-state index contributed by atoms with van der Waals surface area (Å²) >= 11 is 0. The standard InChI is InChI=1S/C12H18N2O3/c1-9(17-7-6-15)12(16)14-11-5-3-2-4-10(11)8-13/h2-5,9,15H,6-8,13H2,1H3,(H,14,16). The van der Waals surface area contributed by atoms with Gasteiger partial charge in [0.1, 0.15) is 6.10 Å². The first kappa shape index (κ1) is 13.6. The number of aliphatic hydroxyl groups excluding tert-OH is 1. The van der Waals surface area contributed by atoms with Gasteiger partial charge in [0.2, 0.25) is 0 Å². The Morgan fingerprint density at radius 3 is 2.88 bits per heavy atom. The van der Waals surface area contributed by atoms with E-state index in [0.717, 1.165) is 5.56 Å². The summed E-state index contributed by atoms with van der Waals surface area (Å²) in [7, 11) is 0. The monoisotopic (exact) mass is 238 g/mol. The molecular formula is C12H18N2O3. The van der Waals surface area contributed by atoms with Crippen LogP contribution in [0.15, 0.2) is 24.3 Å². The third-order valence-corrected chi connectivity index (χ3v) is 2.32. The summed E-state index contributed by atoms with van der Waals surface area (Å²) < 4.78 is 5.11. The summed E-state index contributed by atoms with van der Waals surface area (Å²) in [6, 6.07) is 7.34. The van der Waals surface area contributed by atoms with Gasteiger partial charge in [-0.2, -0.15) is 0 Å². The number of aliphatic hydroxyl groups is 1. The Morgan fingerprint density at radius 1 is 1.53 bits per heavy atom. The van der Waals surface area contributed by atoms with E-state index in [0.29, 0.717) is 12.2 Å². The zero-order valence-corrected chi connectivity index (χ0v) is 9.85. The fourth-order valence-corrected chi connectivity index (χ4v) is 1.36. The third kappa shape index (κ3) is 4.14. The first-order valence-electron chi connectivity index (χ1n) is 5.50. The first-order valence-corrected chi connectivity index (χ1v) is 5.50. The fourth-order valence-electron chi connectivity index (χ4n) is 1.36. The molecule has 1 unspecified atom stereocenters. The second-order valence-electron chi connectivity index (χ2n) is 3.59. The van der Waals surface area contributed by atoms with E-state index in [-0.39, 0.29) is 19.1 Å². The molecule has 0 radical (unpaired) electrons. The molecule has 0 spiro atoms. The van der Waals surface area contributed by atoms with E-state index in [2.05, 4.69) is 5.32 Å². The number of rotatable bonds is 6. The van der Waals surface area contributed by atoms with Crippen LogP contribution in [0.4, 0.5) is 5.69 Å². The van der Waals surface area contributed by atoms with Crippen molar-refractivity contribution in [2.45, 2.75) is 19.6 Å². The number of nitrogens with one attached hydrogen (secondary N) is 1. The molecule has 5 nitrogen and oxygen atoms in total. The van der Waals surface area contributed by atoms with Crippen LogP contribution in [0.3, 0.4) is 0 Å². The van der Waals surface area contributed by atoms with Gasteiger partial charge in [-0.1, -0.05) is 18.2 Å². The van der Waals surface area contributed by atoms with Crippen molar-refractivity contribution < 1.29 is 14.6 Å². The lowest BCUT2D eigenvalue weighted by atomic mass is 10.1. The molecule has 0 saturated carbocycles. The number of nitrogens with two attached hydrogens (primary N) is 1. The predicted molar refractivity (Wildman–Crippen MR) is 65.5 cm³/mol. The average molecular weight is 238 g/mol. The molecule has 0 aromatic heterocycles. The first-order chi connectivity index (χ1) is 8.19. The van der Waals surface area contributed by atoms with Crippen LogP contribution in [0.2, 0.25) is 0 Å². The zero-order chi connectivity index (χ0) is 12.7. The van der Waals surface area contributed by atoms with E-state index in [1.165, 1.54) is 0 Å². The van der Waals surface area contributed by atoms with Crippen molar-refractivity contribution in [1.82, 2.24) is 0 Å². The minimum absolute atomic E-state index is 0.100. The normalized spacial score (nSPS) is 12.2. The summed E-state index contributed by atoms with van der Waals surface area (Å²) in [5.41, 5.74) is 7.13. The van der Waals surface area contributed by atoms with Gasteiger partial charge in [-0.15, -0.1) is 0 Å². The lowest BCUT2D eigenvalue weighted by molar-refractivity contribution is -0.126. The van der Waals surface area contributed by atoms with Crippen LogP contribution in [0.25, 0.3) is 0 Å². The van der Waals surface area contributed by atoms with E-state index in [9.17, 15) is 4.79 Å². The van der Waals surface area contributed by atoms with Crippen molar-refractivity contribution in [2.75, 3.05) is 18.5 Å². The molecule has 0 heterocycles. The number of carbonyl (C=O) groups is 1. The number of carbonyl (C=O) groups excluding carboxylic acids is 1. The second kappa shape index (κ2) is 7.01. The number of hydrogen-bond acceptors (Lipinski definition) is 4. The summed E-state index contributed by atoms with van der Waals surface area (Å²) in [4.78, 5) is 11.7. The van der Waals surface area contributed by atoms with Gasteiger partial charge in [0, 0.05) is 12.2 Å². The minimum atomic E-state index is -0.604. The van der Waals surface area contributed by atoms with Crippen molar-refractivity contribution in [3.63, 3.8) is 0 Å². The van der Waals surface area contributed by atoms with Gasteiger partial charge in [0.15, 0.2) is 0 Å². The minimum Gasteiger partial charge on any atom is -0.394 e. The quantitative estimate of drug-likeness (QED) is 0.673. The summed E-state index contributed by atoms with van der Waals surface area (Å²) in [6.07, 6.45) is -0.604. The van der Waals surface area contributed by atoms with Crippen LogP contribution in [0.1, 0.15) is 12.5 Å². The van der Waals surface area contributed by atoms with Crippen molar-refractivity contribution in [3.05, 3.63) is 29.8 Å². The van der Waals surface area contributed by atoms with Gasteiger partial charge < -0.3 is 20.9 Å². The number of para-hydroxylation sites is 1.